The Morgan fingerprint density at radius 2 is 2.06 bits per heavy atom. The summed E-state index contributed by atoms with van der Waals surface area (Å²) in [4.78, 5) is 58.2. The number of likely N-dealkylation sites (N-methyl/N-ethyl adjacent to an activating group) is 1. The first-order valence-corrected chi connectivity index (χ1v) is 10.1. The molecule has 34 heavy (non-hydrogen) atoms. The lowest BCUT2D eigenvalue weighted by atomic mass is 10.1. The van der Waals surface area contributed by atoms with Gasteiger partial charge in [-0.2, -0.15) is 9.37 Å². The molecule has 0 saturated carbocycles. The molecule has 0 saturated heterocycles. The van der Waals surface area contributed by atoms with E-state index in [9.17, 15) is 23.6 Å². The first-order valence-electron chi connectivity index (χ1n) is 10.1. The number of carbonyl (C=O) groups is 3. The lowest BCUT2D eigenvalue weighted by molar-refractivity contribution is -0.140. The van der Waals surface area contributed by atoms with Crippen LogP contribution in [0.5, 0.6) is 0 Å². The highest BCUT2D eigenvalue weighted by Crippen LogP contribution is 2.25. The van der Waals surface area contributed by atoms with Gasteiger partial charge in [-0.05, 0) is 18.6 Å². The average Bonchev–Trinajstić information content (AvgIpc) is 2.75. The highest BCUT2D eigenvalue weighted by atomic mass is 19.1. The van der Waals surface area contributed by atoms with Gasteiger partial charge in [0.2, 0.25) is 11.9 Å². The number of nitrogens with one attached hydrogen (secondary N) is 4. The average molecular weight is 478 g/mol. The molecule has 0 aliphatic carbocycles. The van der Waals surface area contributed by atoms with E-state index in [2.05, 4.69) is 30.9 Å². The van der Waals surface area contributed by atoms with Gasteiger partial charge in [0.15, 0.2) is 5.82 Å². The second kappa shape index (κ2) is 10.0. The van der Waals surface area contributed by atoms with Gasteiger partial charge < -0.3 is 36.8 Å². The summed E-state index contributed by atoms with van der Waals surface area (Å²) in [5, 5.41) is 25.9. The summed E-state index contributed by atoms with van der Waals surface area (Å²) in [5.41, 5.74) is 4.95. The first-order chi connectivity index (χ1) is 16.1. The lowest BCUT2D eigenvalue weighted by Crippen LogP contribution is -2.48. The van der Waals surface area contributed by atoms with E-state index in [1.807, 2.05) is 0 Å². The smallest absolute Gasteiger partial charge is 0.326 e. The number of amides is 1. The van der Waals surface area contributed by atoms with Crippen molar-refractivity contribution in [2.75, 3.05) is 41.4 Å². The molecular weight excluding hydrogens is 455 g/mol. The SMILES string of the molecule is CN1c2c(nc(N)[nH]c2=O)NC[C@@H]1CNc1ccc(C(=O)N[C@@H](CCC(=O)O)C(=O)O)c(F)n1. The highest BCUT2D eigenvalue weighted by molar-refractivity contribution is 5.96. The monoisotopic (exact) mass is 478 g/mol. The van der Waals surface area contributed by atoms with Gasteiger partial charge in [0.1, 0.15) is 17.5 Å². The van der Waals surface area contributed by atoms with Crippen molar-refractivity contribution in [3.8, 4) is 0 Å². The second-order valence-electron chi connectivity index (χ2n) is 7.51. The van der Waals surface area contributed by atoms with Crippen LogP contribution in [0.1, 0.15) is 23.2 Å². The Labute approximate surface area is 191 Å². The molecule has 15 heteroatoms. The molecule has 14 nitrogen and oxygen atoms in total. The molecule has 3 rings (SSSR count). The Balaban J connectivity index is 1.64. The molecule has 3 heterocycles. The maximum absolute atomic E-state index is 14.5. The minimum atomic E-state index is -1.49. The Hall–Kier alpha value is -4.43. The van der Waals surface area contributed by atoms with Gasteiger partial charge in [0, 0.05) is 26.6 Å². The van der Waals surface area contributed by atoms with Gasteiger partial charge in [0.05, 0.1) is 11.6 Å². The molecule has 2 atom stereocenters. The number of halogens is 1. The third kappa shape index (κ3) is 5.48. The van der Waals surface area contributed by atoms with Crippen molar-refractivity contribution in [3.05, 3.63) is 34.0 Å². The highest BCUT2D eigenvalue weighted by Gasteiger charge is 2.28. The first kappa shape index (κ1) is 24.2. The lowest BCUT2D eigenvalue weighted by Gasteiger charge is -2.35. The molecule has 0 unspecified atom stereocenters. The van der Waals surface area contributed by atoms with Gasteiger partial charge in [-0.3, -0.25) is 19.4 Å². The summed E-state index contributed by atoms with van der Waals surface area (Å²) in [7, 11) is 1.70. The molecule has 0 aromatic carbocycles. The number of nitrogens with zero attached hydrogens (tertiary/aromatic N) is 3. The molecule has 0 radical (unpaired) electrons. The normalized spacial score (nSPS) is 15.6. The number of aromatic nitrogens is 3. The van der Waals surface area contributed by atoms with E-state index in [0.29, 0.717) is 18.1 Å². The van der Waals surface area contributed by atoms with Crippen molar-refractivity contribution in [2.45, 2.75) is 24.9 Å². The number of rotatable bonds is 9. The van der Waals surface area contributed by atoms with Gasteiger partial charge >= 0.3 is 11.9 Å². The Bertz CT molecular complexity index is 1170. The van der Waals surface area contributed by atoms with Crippen LogP contribution in [0.25, 0.3) is 0 Å². The second-order valence-corrected chi connectivity index (χ2v) is 7.51. The standard InChI is InChI=1S/C19H23FN8O6/c1-28-8(7-23-15-13(28)17(32)27-19(21)26-15)6-22-11-4-2-9(14(20)25-11)16(31)24-10(18(33)34)3-5-12(29)30/h2,4,8,10H,3,5-7H2,1H3,(H,22,25)(H,24,31)(H,29,30)(H,33,34)(H4,21,23,26,27,32)/t8-,10-/m0/s1. The van der Waals surface area contributed by atoms with Crippen LogP contribution >= 0.6 is 0 Å². The number of nitrogen functional groups attached to an aromatic ring is 1. The molecule has 2 aromatic rings. The minimum Gasteiger partial charge on any atom is -0.481 e. The van der Waals surface area contributed by atoms with Crippen LogP contribution in [0, 0.1) is 5.95 Å². The Morgan fingerprint density at radius 1 is 1.32 bits per heavy atom. The quantitative estimate of drug-likeness (QED) is 0.222. The van der Waals surface area contributed by atoms with Crippen LogP contribution in [0.4, 0.5) is 27.7 Å². The van der Waals surface area contributed by atoms with E-state index in [-0.39, 0.29) is 30.8 Å². The number of pyridine rings is 1. The molecule has 1 aliphatic rings. The minimum absolute atomic E-state index is 0.0124. The Kier molecular flexibility index (Phi) is 7.13. The fourth-order valence-electron chi connectivity index (χ4n) is 3.36. The molecule has 182 valence electrons. The molecule has 0 spiro atoms. The van der Waals surface area contributed by atoms with Crippen LogP contribution in [-0.2, 0) is 9.59 Å². The zero-order valence-electron chi connectivity index (χ0n) is 18.0. The van der Waals surface area contributed by atoms with Gasteiger partial charge in [-0.15, -0.1) is 0 Å². The van der Waals surface area contributed by atoms with Crippen molar-refractivity contribution in [2.24, 2.45) is 0 Å². The predicted octanol–water partition coefficient (Wildman–Crippen LogP) is -0.724. The largest absolute Gasteiger partial charge is 0.481 e. The summed E-state index contributed by atoms with van der Waals surface area (Å²) in [6.07, 6.45) is -0.840. The van der Waals surface area contributed by atoms with E-state index in [1.54, 1.807) is 11.9 Å². The summed E-state index contributed by atoms with van der Waals surface area (Å²) in [5.74, 6) is -4.39. The van der Waals surface area contributed by atoms with Crippen LogP contribution in [-0.4, -0.2) is 75.2 Å². The molecule has 2 aromatic heterocycles. The van der Waals surface area contributed by atoms with Crippen molar-refractivity contribution < 1.29 is 29.0 Å². The number of nitrogens with two attached hydrogens (primary N) is 1. The number of hydrogen-bond donors (Lipinski definition) is 7. The molecule has 1 amide bonds. The van der Waals surface area contributed by atoms with Crippen LogP contribution in [0.15, 0.2) is 16.9 Å². The van der Waals surface area contributed by atoms with E-state index in [1.165, 1.54) is 6.07 Å². The third-order valence-electron chi connectivity index (χ3n) is 5.18. The van der Waals surface area contributed by atoms with Gasteiger partial charge in [-0.1, -0.05) is 0 Å². The van der Waals surface area contributed by atoms with Crippen molar-refractivity contribution in [1.29, 1.82) is 0 Å². The molecular formula is C19H23FN8O6. The number of aromatic amines is 1. The van der Waals surface area contributed by atoms with Gasteiger partial charge in [0.25, 0.3) is 11.5 Å². The van der Waals surface area contributed by atoms with E-state index < -0.39 is 47.4 Å². The van der Waals surface area contributed by atoms with Gasteiger partial charge in [-0.25, -0.2) is 9.78 Å². The van der Waals surface area contributed by atoms with E-state index in [4.69, 9.17) is 15.9 Å². The van der Waals surface area contributed by atoms with Crippen molar-refractivity contribution >= 4 is 41.1 Å². The van der Waals surface area contributed by atoms with Crippen LogP contribution in [0.2, 0.25) is 0 Å². The molecule has 0 bridgehead atoms. The number of carboxylic acids is 2. The van der Waals surface area contributed by atoms with E-state index >= 15 is 0 Å². The molecule has 8 N–H and O–H groups in total. The maximum atomic E-state index is 14.5. The maximum Gasteiger partial charge on any atom is 0.326 e. The molecule has 1 aliphatic heterocycles. The van der Waals surface area contributed by atoms with Crippen LogP contribution < -0.4 is 32.1 Å². The Morgan fingerprint density at radius 3 is 2.71 bits per heavy atom. The zero-order valence-corrected chi connectivity index (χ0v) is 18.0. The number of H-pyrrole nitrogens is 1. The topological polar surface area (TPSA) is 216 Å². The predicted molar refractivity (Wildman–Crippen MR) is 118 cm³/mol. The summed E-state index contributed by atoms with van der Waals surface area (Å²) < 4.78 is 14.5. The summed E-state index contributed by atoms with van der Waals surface area (Å²) >= 11 is 0. The summed E-state index contributed by atoms with van der Waals surface area (Å²) in [6, 6.07) is 0.735. The fourth-order valence-corrected chi connectivity index (χ4v) is 3.36. The fraction of sp³-hybridized carbons (Fsp3) is 0.368. The summed E-state index contributed by atoms with van der Waals surface area (Å²) in [6.45, 7) is 0.656. The number of hydrogen-bond acceptors (Lipinski definition) is 10. The molecule has 0 fully saturated rings. The number of carboxylic acid groups (broad SMARTS) is 2. The number of carbonyl (C=O) groups excluding carboxylic acids is 1. The third-order valence-corrected chi connectivity index (χ3v) is 5.18. The zero-order chi connectivity index (χ0) is 25.0. The van der Waals surface area contributed by atoms with Crippen molar-refractivity contribution in [3.63, 3.8) is 0 Å². The number of aliphatic carboxylic acids is 2. The number of fused-ring (bicyclic) bond motifs is 1. The van der Waals surface area contributed by atoms with E-state index in [0.717, 1.165) is 6.07 Å². The van der Waals surface area contributed by atoms with Crippen LogP contribution in [0.3, 0.4) is 0 Å². The van der Waals surface area contributed by atoms with Crippen molar-refractivity contribution in [1.82, 2.24) is 20.3 Å². The number of anilines is 4.